The van der Waals surface area contributed by atoms with Crippen LogP contribution in [0, 0.1) is 11.3 Å². The van der Waals surface area contributed by atoms with E-state index in [1.165, 1.54) is 0 Å². The molecule has 0 aromatic rings. The van der Waals surface area contributed by atoms with Crippen molar-refractivity contribution >= 4 is 5.97 Å². The van der Waals surface area contributed by atoms with Gasteiger partial charge in [-0.15, -0.1) is 0 Å². The molecule has 2 atom stereocenters. The van der Waals surface area contributed by atoms with Crippen LogP contribution in [0.15, 0.2) is 12.2 Å². The molecule has 1 fully saturated rings. The summed E-state index contributed by atoms with van der Waals surface area (Å²) in [6.45, 7) is 12.1. The summed E-state index contributed by atoms with van der Waals surface area (Å²) in [5.41, 5.74) is 0.768. The number of rotatable bonds is 2. The van der Waals surface area contributed by atoms with Crippen LogP contribution < -0.4 is 0 Å². The van der Waals surface area contributed by atoms with Gasteiger partial charge in [0.2, 0.25) is 0 Å². The lowest BCUT2D eigenvalue weighted by molar-refractivity contribution is -0.148. The highest BCUT2D eigenvalue weighted by atomic mass is 16.5. The Hall–Kier alpha value is -0.790. The molecule has 0 saturated heterocycles. The van der Waals surface area contributed by atoms with Crippen LogP contribution in [-0.4, -0.2) is 12.1 Å². The van der Waals surface area contributed by atoms with Crippen LogP contribution in [0.1, 0.15) is 47.0 Å². The lowest BCUT2D eigenvalue weighted by Crippen LogP contribution is -2.35. The SMILES string of the molecule is C=C(C)C(=O)OC1CCC(C)C(C)(C)C1. The van der Waals surface area contributed by atoms with Crippen LogP contribution in [0.25, 0.3) is 0 Å². The summed E-state index contributed by atoms with van der Waals surface area (Å²) in [5.74, 6) is 0.461. The van der Waals surface area contributed by atoms with Crippen molar-refractivity contribution in [2.75, 3.05) is 0 Å². The Bertz CT molecular complexity index is 266. The van der Waals surface area contributed by atoms with E-state index in [-0.39, 0.29) is 17.5 Å². The maximum Gasteiger partial charge on any atom is 0.333 e. The van der Waals surface area contributed by atoms with E-state index in [0.717, 1.165) is 19.3 Å². The summed E-state index contributed by atoms with van der Waals surface area (Å²) >= 11 is 0. The van der Waals surface area contributed by atoms with Gasteiger partial charge in [0.25, 0.3) is 0 Å². The number of carbonyl (C=O) groups is 1. The average molecular weight is 210 g/mol. The first-order valence-corrected chi connectivity index (χ1v) is 5.69. The average Bonchev–Trinajstić information content (AvgIpc) is 2.10. The molecule has 0 heterocycles. The second kappa shape index (κ2) is 4.38. The fourth-order valence-corrected chi connectivity index (χ4v) is 2.07. The van der Waals surface area contributed by atoms with Gasteiger partial charge in [0.05, 0.1) is 0 Å². The molecular formula is C13H22O2. The van der Waals surface area contributed by atoms with Crippen LogP contribution in [0.4, 0.5) is 0 Å². The van der Waals surface area contributed by atoms with Gasteiger partial charge in [-0.25, -0.2) is 4.79 Å². The zero-order valence-electron chi connectivity index (χ0n) is 10.3. The molecule has 2 nitrogen and oxygen atoms in total. The van der Waals surface area contributed by atoms with Gasteiger partial charge in [-0.3, -0.25) is 0 Å². The summed E-state index contributed by atoms with van der Waals surface area (Å²) in [4.78, 5) is 11.4. The van der Waals surface area contributed by atoms with Crippen molar-refractivity contribution < 1.29 is 9.53 Å². The molecule has 0 radical (unpaired) electrons. The molecule has 0 N–H and O–H groups in total. The van der Waals surface area contributed by atoms with E-state index >= 15 is 0 Å². The molecule has 1 aliphatic carbocycles. The van der Waals surface area contributed by atoms with Gasteiger partial charge in [0, 0.05) is 5.57 Å². The van der Waals surface area contributed by atoms with E-state index in [9.17, 15) is 4.79 Å². The monoisotopic (exact) mass is 210 g/mol. The topological polar surface area (TPSA) is 26.3 Å². The van der Waals surface area contributed by atoms with E-state index in [2.05, 4.69) is 27.4 Å². The highest BCUT2D eigenvalue weighted by Gasteiger charge is 2.35. The van der Waals surface area contributed by atoms with Crippen molar-refractivity contribution in [2.45, 2.75) is 53.1 Å². The normalized spacial score (nSPS) is 29.6. The molecule has 0 aromatic carbocycles. The molecule has 1 saturated carbocycles. The van der Waals surface area contributed by atoms with E-state index in [0.29, 0.717) is 11.5 Å². The molecule has 15 heavy (non-hydrogen) atoms. The smallest absolute Gasteiger partial charge is 0.333 e. The maximum absolute atomic E-state index is 11.4. The Labute approximate surface area is 92.7 Å². The number of hydrogen-bond acceptors (Lipinski definition) is 2. The molecule has 0 bridgehead atoms. The second-order valence-electron chi connectivity index (χ2n) is 5.48. The Morgan fingerprint density at radius 1 is 1.40 bits per heavy atom. The van der Waals surface area contributed by atoms with E-state index in [1.807, 2.05) is 0 Å². The van der Waals surface area contributed by atoms with Crippen molar-refractivity contribution in [3.8, 4) is 0 Å². The zero-order valence-corrected chi connectivity index (χ0v) is 10.3. The fourth-order valence-electron chi connectivity index (χ4n) is 2.07. The Morgan fingerprint density at radius 2 is 2.00 bits per heavy atom. The van der Waals surface area contributed by atoms with Gasteiger partial charge in [0.1, 0.15) is 6.10 Å². The molecule has 2 heteroatoms. The molecule has 0 aromatic heterocycles. The highest BCUT2D eigenvalue weighted by molar-refractivity contribution is 5.87. The molecule has 0 aliphatic heterocycles. The summed E-state index contributed by atoms with van der Waals surface area (Å²) in [6.07, 6.45) is 3.18. The van der Waals surface area contributed by atoms with E-state index < -0.39 is 0 Å². The number of esters is 1. The number of carbonyl (C=O) groups excluding carboxylic acids is 1. The highest BCUT2D eigenvalue weighted by Crippen LogP contribution is 2.41. The maximum atomic E-state index is 11.4. The number of ether oxygens (including phenoxy) is 1. The van der Waals surface area contributed by atoms with Crippen molar-refractivity contribution in [3.05, 3.63) is 12.2 Å². The standard InChI is InChI=1S/C13H22O2/c1-9(2)12(14)15-11-7-6-10(3)13(4,5)8-11/h10-11H,1,6-8H2,2-5H3. The minimum Gasteiger partial charge on any atom is -0.459 e. The van der Waals surface area contributed by atoms with Gasteiger partial charge in [0.15, 0.2) is 0 Å². The van der Waals surface area contributed by atoms with Crippen molar-refractivity contribution in [1.29, 1.82) is 0 Å². The van der Waals surface area contributed by atoms with Gasteiger partial charge >= 0.3 is 5.97 Å². The predicted molar refractivity (Wildman–Crippen MR) is 61.5 cm³/mol. The minimum atomic E-state index is -0.245. The third kappa shape index (κ3) is 3.08. The fraction of sp³-hybridized carbons (Fsp3) is 0.769. The third-order valence-corrected chi connectivity index (χ3v) is 3.63. The minimum absolute atomic E-state index is 0.0837. The molecule has 2 unspecified atom stereocenters. The summed E-state index contributed by atoms with van der Waals surface area (Å²) in [6, 6.07) is 0. The first-order chi connectivity index (χ1) is 6.83. The van der Waals surface area contributed by atoms with Crippen molar-refractivity contribution in [2.24, 2.45) is 11.3 Å². The first-order valence-electron chi connectivity index (χ1n) is 5.69. The van der Waals surface area contributed by atoms with Gasteiger partial charge in [-0.2, -0.15) is 0 Å². The van der Waals surface area contributed by atoms with Crippen LogP contribution in [0.2, 0.25) is 0 Å². The molecule has 86 valence electrons. The largest absolute Gasteiger partial charge is 0.459 e. The summed E-state index contributed by atoms with van der Waals surface area (Å²) in [5, 5.41) is 0. The van der Waals surface area contributed by atoms with Gasteiger partial charge < -0.3 is 4.74 Å². The summed E-state index contributed by atoms with van der Waals surface area (Å²) in [7, 11) is 0. The lowest BCUT2D eigenvalue weighted by Gasteiger charge is -2.40. The zero-order chi connectivity index (χ0) is 11.6. The molecule has 0 spiro atoms. The Kier molecular flexibility index (Phi) is 3.58. The molecular weight excluding hydrogens is 188 g/mol. The van der Waals surface area contributed by atoms with Crippen molar-refractivity contribution in [3.63, 3.8) is 0 Å². The van der Waals surface area contributed by atoms with Crippen molar-refractivity contribution in [1.82, 2.24) is 0 Å². The summed E-state index contributed by atoms with van der Waals surface area (Å²) < 4.78 is 5.40. The predicted octanol–water partition coefficient (Wildman–Crippen LogP) is 3.32. The van der Waals surface area contributed by atoms with E-state index in [1.54, 1.807) is 6.92 Å². The van der Waals surface area contributed by atoms with Crippen LogP contribution >= 0.6 is 0 Å². The first kappa shape index (κ1) is 12.3. The molecule has 1 aliphatic rings. The van der Waals surface area contributed by atoms with Crippen LogP contribution in [0.3, 0.4) is 0 Å². The van der Waals surface area contributed by atoms with Crippen LogP contribution in [0.5, 0.6) is 0 Å². The van der Waals surface area contributed by atoms with Gasteiger partial charge in [-0.1, -0.05) is 27.4 Å². The quantitative estimate of drug-likeness (QED) is 0.516. The molecule has 0 amide bonds. The Balaban J connectivity index is 2.53. The Morgan fingerprint density at radius 3 is 2.47 bits per heavy atom. The third-order valence-electron chi connectivity index (χ3n) is 3.63. The second-order valence-corrected chi connectivity index (χ2v) is 5.48. The van der Waals surface area contributed by atoms with Gasteiger partial charge in [-0.05, 0) is 37.5 Å². The number of hydrogen-bond donors (Lipinski definition) is 0. The van der Waals surface area contributed by atoms with Crippen LogP contribution in [-0.2, 0) is 9.53 Å². The van der Waals surface area contributed by atoms with E-state index in [4.69, 9.17) is 4.74 Å². The molecule has 1 rings (SSSR count). The lowest BCUT2D eigenvalue weighted by atomic mass is 9.69.